The number of benzene rings is 1. The van der Waals surface area contributed by atoms with E-state index in [0.717, 1.165) is 17.8 Å². The number of aryl methyl sites for hydroxylation is 2. The summed E-state index contributed by atoms with van der Waals surface area (Å²) in [7, 11) is 0. The van der Waals surface area contributed by atoms with Gasteiger partial charge in [0.05, 0.1) is 5.56 Å². The number of halogens is 2. The zero-order valence-corrected chi connectivity index (χ0v) is 10.1. The van der Waals surface area contributed by atoms with Crippen molar-refractivity contribution in [3.05, 3.63) is 64.5 Å². The van der Waals surface area contributed by atoms with Crippen LogP contribution in [0.15, 0.2) is 30.3 Å². The second kappa shape index (κ2) is 4.82. The SMILES string of the molecule is Cc1ccc(C(O)c2c(F)cccc2F)c(C)n1. The van der Waals surface area contributed by atoms with E-state index < -0.39 is 17.7 Å². The van der Waals surface area contributed by atoms with Gasteiger partial charge in [-0.05, 0) is 32.0 Å². The highest BCUT2D eigenvalue weighted by Gasteiger charge is 2.21. The normalized spacial score (nSPS) is 12.5. The summed E-state index contributed by atoms with van der Waals surface area (Å²) >= 11 is 0. The standard InChI is InChI=1S/C14H13F2NO/c1-8-6-7-10(9(2)17-8)14(18)13-11(15)4-3-5-12(13)16/h3-7,14,18H,1-2H3. The maximum absolute atomic E-state index is 13.6. The first-order valence-corrected chi connectivity index (χ1v) is 5.57. The highest BCUT2D eigenvalue weighted by Crippen LogP contribution is 2.28. The van der Waals surface area contributed by atoms with Crippen molar-refractivity contribution in [1.29, 1.82) is 0 Å². The number of rotatable bonds is 2. The van der Waals surface area contributed by atoms with Crippen LogP contribution in [0.1, 0.15) is 28.6 Å². The summed E-state index contributed by atoms with van der Waals surface area (Å²) < 4.78 is 27.2. The van der Waals surface area contributed by atoms with Crippen molar-refractivity contribution in [2.45, 2.75) is 20.0 Å². The summed E-state index contributed by atoms with van der Waals surface area (Å²) in [6.07, 6.45) is -1.35. The molecule has 0 saturated carbocycles. The summed E-state index contributed by atoms with van der Waals surface area (Å²) in [5.41, 5.74) is 1.42. The van der Waals surface area contributed by atoms with Crippen LogP contribution in [-0.2, 0) is 0 Å². The van der Waals surface area contributed by atoms with Crippen molar-refractivity contribution in [2.75, 3.05) is 0 Å². The Bertz CT molecular complexity index is 564. The van der Waals surface area contributed by atoms with Gasteiger partial charge in [-0.25, -0.2) is 8.78 Å². The highest BCUT2D eigenvalue weighted by molar-refractivity contribution is 5.34. The third-order valence-electron chi connectivity index (χ3n) is 2.83. The van der Waals surface area contributed by atoms with Crippen LogP contribution >= 0.6 is 0 Å². The molecule has 0 aliphatic rings. The van der Waals surface area contributed by atoms with E-state index in [0.29, 0.717) is 11.3 Å². The van der Waals surface area contributed by atoms with Crippen molar-refractivity contribution in [2.24, 2.45) is 0 Å². The molecule has 1 atom stereocenters. The lowest BCUT2D eigenvalue weighted by Crippen LogP contribution is -2.08. The Morgan fingerprint density at radius 3 is 2.22 bits per heavy atom. The van der Waals surface area contributed by atoms with Crippen LogP contribution in [-0.4, -0.2) is 10.1 Å². The van der Waals surface area contributed by atoms with Crippen LogP contribution in [0.2, 0.25) is 0 Å². The Hall–Kier alpha value is -1.81. The Labute approximate surface area is 104 Å². The summed E-state index contributed by atoms with van der Waals surface area (Å²) in [4.78, 5) is 4.17. The Balaban J connectivity index is 2.51. The Morgan fingerprint density at radius 1 is 1.06 bits per heavy atom. The molecule has 18 heavy (non-hydrogen) atoms. The molecule has 1 aromatic heterocycles. The second-order valence-corrected chi connectivity index (χ2v) is 4.17. The van der Waals surface area contributed by atoms with Gasteiger partial charge in [0.15, 0.2) is 0 Å². The van der Waals surface area contributed by atoms with Gasteiger partial charge < -0.3 is 5.11 Å². The molecule has 0 aliphatic carbocycles. The van der Waals surface area contributed by atoms with Crippen LogP contribution in [0.4, 0.5) is 8.78 Å². The van der Waals surface area contributed by atoms with Gasteiger partial charge >= 0.3 is 0 Å². The lowest BCUT2D eigenvalue weighted by atomic mass is 9.99. The number of nitrogens with zero attached hydrogens (tertiary/aromatic N) is 1. The molecule has 94 valence electrons. The first-order chi connectivity index (χ1) is 8.50. The topological polar surface area (TPSA) is 33.1 Å². The molecule has 2 aromatic rings. The van der Waals surface area contributed by atoms with Gasteiger partial charge in [0, 0.05) is 17.0 Å². The monoisotopic (exact) mass is 249 g/mol. The molecule has 1 unspecified atom stereocenters. The fourth-order valence-corrected chi connectivity index (χ4v) is 1.91. The molecule has 0 fully saturated rings. The molecule has 0 aliphatic heterocycles. The fraction of sp³-hybridized carbons (Fsp3) is 0.214. The number of aliphatic hydroxyl groups excluding tert-OH is 1. The minimum Gasteiger partial charge on any atom is -0.383 e. The molecule has 0 spiro atoms. The molecule has 0 amide bonds. The zero-order valence-electron chi connectivity index (χ0n) is 10.1. The fourth-order valence-electron chi connectivity index (χ4n) is 1.91. The van der Waals surface area contributed by atoms with Crippen molar-refractivity contribution in [3.63, 3.8) is 0 Å². The van der Waals surface area contributed by atoms with Crippen molar-refractivity contribution < 1.29 is 13.9 Å². The third kappa shape index (κ3) is 2.24. The van der Waals surface area contributed by atoms with Crippen molar-refractivity contribution >= 4 is 0 Å². The maximum atomic E-state index is 13.6. The largest absolute Gasteiger partial charge is 0.383 e. The van der Waals surface area contributed by atoms with Crippen LogP contribution in [0, 0.1) is 25.5 Å². The van der Waals surface area contributed by atoms with Crippen LogP contribution in [0.25, 0.3) is 0 Å². The Kier molecular flexibility index (Phi) is 3.39. The lowest BCUT2D eigenvalue weighted by Gasteiger charge is -2.15. The van der Waals surface area contributed by atoms with Crippen molar-refractivity contribution in [3.8, 4) is 0 Å². The number of aromatic nitrogens is 1. The molecule has 1 heterocycles. The zero-order chi connectivity index (χ0) is 13.3. The van der Waals surface area contributed by atoms with E-state index in [1.165, 1.54) is 6.07 Å². The average Bonchev–Trinajstić information content (AvgIpc) is 2.28. The molecule has 2 rings (SSSR count). The molecular weight excluding hydrogens is 236 g/mol. The molecule has 0 bridgehead atoms. The van der Waals surface area contributed by atoms with Gasteiger partial charge in [-0.2, -0.15) is 0 Å². The molecule has 0 saturated heterocycles. The summed E-state index contributed by atoms with van der Waals surface area (Å²) in [6.45, 7) is 3.51. The summed E-state index contributed by atoms with van der Waals surface area (Å²) in [5, 5.41) is 10.1. The van der Waals surface area contributed by atoms with Crippen LogP contribution in [0.3, 0.4) is 0 Å². The molecule has 0 radical (unpaired) electrons. The number of hydrogen-bond acceptors (Lipinski definition) is 2. The number of hydrogen-bond donors (Lipinski definition) is 1. The third-order valence-corrected chi connectivity index (χ3v) is 2.83. The van der Waals surface area contributed by atoms with E-state index in [2.05, 4.69) is 4.98 Å². The molecule has 1 N–H and O–H groups in total. The van der Waals surface area contributed by atoms with Gasteiger partial charge in [-0.15, -0.1) is 0 Å². The minimum atomic E-state index is -1.35. The maximum Gasteiger partial charge on any atom is 0.132 e. The van der Waals surface area contributed by atoms with E-state index in [1.54, 1.807) is 19.1 Å². The average molecular weight is 249 g/mol. The Morgan fingerprint density at radius 2 is 1.67 bits per heavy atom. The van der Waals surface area contributed by atoms with Gasteiger partial charge in [0.2, 0.25) is 0 Å². The van der Waals surface area contributed by atoms with Gasteiger partial charge in [0.25, 0.3) is 0 Å². The number of pyridine rings is 1. The smallest absolute Gasteiger partial charge is 0.132 e. The number of aliphatic hydroxyl groups is 1. The van der Waals surface area contributed by atoms with E-state index >= 15 is 0 Å². The van der Waals surface area contributed by atoms with Crippen molar-refractivity contribution in [1.82, 2.24) is 4.98 Å². The predicted molar refractivity (Wildman–Crippen MR) is 64.1 cm³/mol. The quantitative estimate of drug-likeness (QED) is 0.887. The van der Waals surface area contributed by atoms with Crippen LogP contribution < -0.4 is 0 Å². The van der Waals surface area contributed by atoms with E-state index in [1.807, 2.05) is 6.92 Å². The highest BCUT2D eigenvalue weighted by atomic mass is 19.1. The van der Waals surface area contributed by atoms with E-state index in [-0.39, 0.29) is 5.56 Å². The first kappa shape index (κ1) is 12.6. The minimum absolute atomic E-state index is 0.341. The van der Waals surface area contributed by atoms with Gasteiger partial charge in [-0.3, -0.25) is 4.98 Å². The van der Waals surface area contributed by atoms with Gasteiger partial charge in [0.1, 0.15) is 17.7 Å². The van der Waals surface area contributed by atoms with Crippen LogP contribution in [0.5, 0.6) is 0 Å². The lowest BCUT2D eigenvalue weighted by molar-refractivity contribution is 0.208. The molecular formula is C14H13F2NO. The first-order valence-electron chi connectivity index (χ1n) is 5.57. The molecule has 4 heteroatoms. The summed E-state index contributed by atoms with van der Waals surface area (Å²) in [5.74, 6) is -1.52. The molecule has 1 aromatic carbocycles. The summed E-state index contributed by atoms with van der Waals surface area (Å²) in [6, 6.07) is 6.84. The van der Waals surface area contributed by atoms with Gasteiger partial charge in [-0.1, -0.05) is 12.1 Å². The molecule has 2 nitrogen and oxygen atoms in total. The second-order valence-electron chi connectivity index (χ2n) is 4.17. The van der Waals surface area contributed by atoms with E-state index in [4.69, 9.17) is 0 Å². The van der Waals surface area contributed by atoms with E-state index in [9.17, 15) is 13.9 Å². The predicted octanol–water partition coefficient (Wildman–Crippen LogP) is 3.06.